The third-order valence-corrected chi connectivity index (χ3v) is 3.10. The van der Waals surface area contributed by atoms with Gasteiger partial charge >= 0.3 is 0 Å². The lowest BCUT2D eigenvalue weighted by molar-refractivity contribution is -0.126. The SMILES string of the molecule is Cc1nnc(C2CCCCC2C(=O)NN)o1. The van der Waals surface area contributed by atoms with E-state index in [9.17, 15) is 4.79 Å². The van der Waals surface area contributed by atoms with Gasteiger partial charge in [0, 0.05) is 12.8 Å². The monoisotopic (exact) mass is 224 g/mol. The quantitative estimate of drug-likeness (QED) is 0.437. The Morgan fingerprint density at radius 2 is 2.19 bits per heavy atom. The number of aryl methyl sites for hydroxylation is 1. The molecule has 0 radical (unpaired) electrons. The molecule has 16 heavy (non-hydrogen) atoms. The van der Waals surface area contributed by atoms with Gasteiger partial charge in [-0.25, -0.2) is 5.84 Å². The molecule has 2 atom stereocenters. The van der Waals surface area contributed by atoms with Crippen molar-refractivity contribution in [2.75, 3.05) is 0 Å². The first-order chi connectivity index (χ1) is 7.72. The first kappa shape index (κ1) is 11.1. The second-order valence-electron chi connectivity index (χ2n) is 4.17. The number of aromatic nitrogens is 2. The van der Waals surface area contributed by atoms with Crippen molar-refractivity contribution < 1.29 is 9.21 Å². The van der Waals surface area contributed by atoms with E-state index in [4.69, 9.17) is 10.3 Å². The lowest BCUT2D eigenvalue weighted by Gasteiger charge is -2.27. The molecule has 3 N–H and O–H groups in total. The van der Waals surface area contributed by atoms with Crippen LogP contribution in [0.1, 0.15) is 43.4 Å². The summed E-state index contributed by atoms with van der Waals surface area (Å²) >= 11 is 0. The Kier molecular flexibility index (Phi) is 3.19. The van der Waals surface area contributed by atoms with Crippen LogP contribution in [0.4, 0.5) is 0 Å². The van der Waals surface area contributed by atoms with Crippen molar-refractivity contribution in [2.24, 2.45) is 11.8 Å². The van der Waals surface area contributed by atoms with Gasteiger partial charge in [-0.1, -0.05) is 12.8 Å². The van der Waals surface area contributed by atoms with E-state index in [2.05, 4.69) is 15.6 Å². The number of hydrogen-bond donors (Lipinski definition) is 2. The summed E-state index contributed by atoms with van der Waals surface area (Å²) in [4.78, 5) is 11.6. The summed E-state index contributed by atoms with van der Waals surface area (Å²) in [5.41, 5.74) is 2.21. The highest BCUT2D eigenvalue weighted by Gasteiger charge is 2.34. The van der Waals surface area contributed by atoms with Crippen molar-refractivity contribution in [3.8, 4) is 0 Å². The highest BCUT2D eigenvalue weighted by Crippen LogP contribution is 2.37. The summed E-state index contributed by atoms with van der Waals surface area (Å²) in [6, 6.07) is 0. The van der Waals surface area contributed by atoms with Gasteiger partial charge in [-0.15, -0.1) is 10.2 Å². The molecular formula is C10H16N4O2. The summed E-state index contributed by atoms with van der Waals surface area (Å²) in [6.45, 7) is 1.75. The maximum atomic E-state index is 11.6. The third kappa shape index (κ3) is 2.06. The Bertz CT molecular complexity index is 377. The normalized spacial score (nSPS) is 25.4. The van der Waals surface area contributed by atoms with Crippen molar-refractivity contribution >= 4 is 5.91 Å². The second kappa shape index (κ2) is 4.61. The molecule has 0 aliphatic heterocycles. The maximum Gasteiger partial charge on any atom is 0.237 e. The van der Waals surface area contributed by atoms with Crippen molar-refractivity contribution in [3.05, 3.63) is 11.8 Å². The minimum atomic E-state index is -0.140. The first-order valence-corrected chi connectivity index (χ1v) is 5.53. The van der Waals surface area contributed by atoms with Crippen molar-refractivity contribution in [3.63, 3.8) is 0 Å². The lowest BCUT2D eigenvalue weighted by atomic mass is 9.78. The fourth-order valence-electron chi connectivity index (χ4n) is 2.31. The number of hydrogen-bond acceptors (Lipinski definition) is 5. The van der Waals surface area contributed by atoms with Gasteiger partial charge in [0.25, 0.3) is 0 Å². The smallest absolute Gasteiger partial charge is 0.237 e. The highest BCUT2D eigenvalue weighted by molar-refractivity contribution is 5.79. The van der Waals surface area contributed by atoms with Crippen LogP contribution in [0.25, 0.3) is 0 Å². The molecule has 1 amide bonds. The van der Waals surface area contributed by atoms with E-state index in [0.717, 1.165) is 25.7 Å². The molecule has 0 aromatic carbocycles. The molecule has 1 aliphatic rings. The van der Waals surface area contributed by atoms with E-state index < -0.39 is 0 Å². The Morgan fingerprint density at radius 3 is 2.81 bits per heavy atom. The number of nitrogens with zero attached hydrogens (tertiary/aromatic N) is 2. The van der Waals surface area contributed by atoms with Gasteiger partial charge in [-0.2, -0.15) is 0 Å². The van der Waals surface area contributed by atoms with Gasteiger partial charge in [0.05, 0.1) is 5.92 Å². The number of carbonyl (C=O) groups is 1. The maximum absolute atomic E-state index is 11.6. The number of carbonyl (C=O) groups excluding carboxylic acids is 1. The predicted molar refractivity (Wildman–Crippen MR) is 56.1 cm³/mol. The van der Waals surface area contributed by atoms with Gasteiger partial charge < -0.3 is 4.42 Å². The van der Waals surface area contributed by atoms with Gasteiger partial charge in [0.15, 0.2) is 0 Å². The summed E-state index contributed by atoms with van der Waals surface area (Å²) in [7, 11) is 0. The molecule has 1 aromatic heterocycles. The van der Waals surface area contributed by atoms with E-state index in [1.165, 1.54) is 0 Å². The lowest BCUT2D eigenvalue weighted by Crippen LogP contribution is -2.39. The Labute approximate surface area is 93.6 Å². The fourth-order valence-corrected chi connectivity index (χ4v) is 2.31. The van der Waals surface area contributed by atoms with Crippen LogP contribution in [0.5, 0.6) is 0 Å². The molecule has 1 heterocycles. The molecule has 88 valence electrons. The molecule has 1 aliphatic carbocycles. The van der Waals surface area contributed by atoms with Crippen LogP contribution in [0.2, 0.25) is 0 Å². The number of nitrogens with two attached hydrogens (primary N) is 1. The van der Waals surface area contributed by atoms with Gasteiger partial charge in [-0.3, -0.25) is 10.2 Å². The van der Waals surface area contributed by atoms with Gasteiger partial charge in [0.2, 0.25) is 17.7 Å². The molecule has 6 nitrogen and oxygen atoms in total. The molecule has 2 unspecified atom stereocenters. The molecule has 0 bridgehead atoms. The fraction of sp³-hybridized carbons (Fsp3) is 0.700. The van der Waals surface area contributed by atoms with Crippen LogP contribution in [0, 0.1) is 12.8 Å². The summed E-state index contributed by atoms with van der Waals surface area (Å²) < 4.78 is 5.40. The van der Waals surface area contributed by atoms with Crippen molar-refractivity contribution in [1.82, 2.24) is 15.6 Å². The second-order valence-corrected chi connectivity index (χ2v) is 4.17. The molecular weight excluding hydrogens is 208 g/mol. The Hall–Kier alpha value is -1.43. The summed E-state index contributed by atoms with van der Waals surface area (Å²) in [6.07, 6.45) is 3.86. The first-order valence-electron chi connectivity index (χ1n) is 5.53. The zero-order valence-electron chi connectivity index (χ0n) is 9.27. The van der Waals surface area contributed by atoms with Gasteiger partial charge in [0.1, 0.15) is 0 Å². The Morgan fingerprint density at radius 1 is 1.44 bits per heavy atom. The van der Waals surface area contributed by atoms with Crippen LogP contribution in [-0.2, 0) is 4.79 Å². The number of hydrazine groups is 1. The van der Waals surface area contributed by atoms with E-state index in [-0.39, 0.29) is 17.7 Å². The van der Waals surface area contributed by atoms with Crippen LogP contribution >= 0.6 is 0 Å². The van der Waals surface area contributed by atoms with Crippen molar-refractivity contribution in [2.45, 2.75) is 38.5 Å². The minimum absolute atomic E-state index is 0.0125. The van der Waals surface area contributed by atoms with E-state index in [1.807, 2.05) is 0 Å². The minimum Gasteiger partial charge on any atom is -0.425 e. The average Bonchev–Trinajstić information content (AvgIpc) is 2.75. The third-order valence-electron chi connectivity index (χ3n) is 3.10. The summed E-state index contributed by atoms with van der Waals surface area (Å²) in [5, 5.41) is 7.80. The average molecular weight is 224 g/mol. The van der Waals surface area contributed by atoms with E-state index in [0.29, 0.717) is 11.8 Å². The molecule has 2 rings (SSSR count). The largest absolute Gasteiger partial charge is 0.425 e. The standard InChI is InChI=1S/C10H16N4O2/c1-6-13-14-10(16-6)8-5-3-2-4-7(8)9(15)12-11/h7-8H,2-5,11H2,1H3,(H,12,15). The molecule has 6 heteroatoms. The number of amides is 1. The number of nitrogens with one attached hydrogen (secondary N) is 1. The molecule has 0 spiro atoms. The van der Waals surface area contributed by atoms with Crippen LogP contribution in [-0.4, -0.2) is 16.1 Å². The molecule has 0 saturated heterocycles. The Balaban J connectivity index is 2.19. The highest BCUT2D eigenvalue weighted by atomic mass is 16.4. The van der Waals surface area contributed by atoms with Crippen LogP contribution in [0.15, 0.2) is 4.42 Å². The molecule has 1 fully saturated rings. The summed E-state index contributed by atoms with van der Waals surface area (Å²) in [5.74, 6) is 6.01. The van der Waals surface area contributed by atoms with E-state index >= 15 is 0 Å². The van der Waals surface area contributed by atoms with E-state index in [1.54, 1.807) is 6.92 Å². The molecule has 1 aromatic rings. The van der Waals surface area contributed by atoms with Crippen LogP contribution in [0.3, 0.4) is 0 Å². The predicted octanol–water partition coefficient (Wildman–Crippen LogP) is 0.642. The van der Waals surface area contributed by atoms with Gasteiger partial charge in [-0.05, 0) is 12.8 Å². The van der Waals surface area contributed by atoms with Crippen LogP contribution < -0.4 is 11.3 Å². The molecule has 1 saturated carbocycles. The zero-order chi connectivity index (χ0) is 11.5. The topological polar surface area (TPSA) is 94.0 Å². The zero-order valence-corrected chi connectivity index (χ0v) is 9.27. The van der Waals surface area contributed by atoms with Crippen molar-refractivity contribution in [1.29, 1.82) is 0 Å². The number of rotatable bonds is 2.